The number of nitrogens with one attached hydrogen (secondary N) is 2. The summed E-state index contributed by atoms with van der Waals surface area (Å²) in [5.74, 6) is 0. The summed E-state index contributed by atoms with van der Waals surface area (Å²) in [6.07, 6.45) is 2.53. The molecule has 1 aromatic heterocycles. The quantitative estimate of drug-likeness (QED) is 0.615. The summed E-state index contributed by atoms with van der Waals surface area (Å²) in [5.41, 5.74) is 5.76. The number of aromatic nitrogens is 2. The number of hydrogen-bond acceptors (Lipinski definition) is 3. The normalized spacial score (nSPS) is 12.7. The van der Waals surface area contributed by atoms with E-state index in [4.69, 9.17) is 5.41 Å². The van der Waals surface area contributed by atoms with Crippen LogP contribution in [0, 0.1) is 12.3 Å². The first kappa shape index (κ1) is 15.9. The lowest BCUT2D eigenvalue weighted by molar-refractivity contribution is 1.07. The molecule has 114 valence electrons. The monoisotopic (exact) mass is 294 g/mol. The zero-order valence-electron chi connectivity index (χ0n) is 13.6. The van der Waals surface area contributed by atoms with Crippen LogP contribution in [0.1, 0.15) is 38.4 Å². The van der Waals surface area contributed by atoms with Crippen LogP contribution in [0.3, 0.4) is 0 Å². The van der Waals surface area contributed by atoms with Gasteiger partial charge in [0.1, 0.15) is 0 Å². The van der Waals surface area contributed by atoms with Crippen LogP contribution in [0.4, 0.5) is 0 Å². The molecule has 0 aliphatic heterocycles. The fraction of sp³-hybridized carbons (Fsp3) is 0.278. The Morgan fingerprint density at radius 2 is 2.18 bits per heavy atom. The number of fused-ring (bicyclic) bond motifs is 1. The first-order valence-electron chi connectivity index (χ1n) is 7.41. The van der Waals surface area contributed by atoms with Gasteiger partial charge in [-0.1, -0.05) is 25.6 Å². The molecule has 0 unspecified atom stereocenters. The summed E-state index contributed by atoms with van der Waals surface area (Å²) in [5, 5.41) is 16.9. The highest BCUT2D eigenvalue weighted by Crippen LogP contribution is 2.24. The maximum absolute atomic E-state index is 8.58. The predicted octanol–water partition coefficient (Wildman–Crippen LogP) is 4.57. The number of aliphatic imine (C=N–C) groups is 1. The van der Waals surface area contributed by atoms with E-state index in [1.54, 1.807) is 6.21 Å². The second-order valence-electron chi connectivity index (χ2n) is 5.25. The molecular weight excluding hydrogens is 272 g/mol. The van der Waals surface area contributed by atoms with Crippen LogP contribution in [-0.2, 0) is 0 Å². The lowest BCUT2D eigenvalue weighted by Crippen LogP contribution is -2.07. The van der Waals surface area contributed by atoms with E-state index in [1.807, 2.05) is 45.9 Å². The molecule has 1 aromatic carbocycles. The van der Waals surface area contributed by atoms with E-state index < -0.39 is 0 Å². The van der Waals surface area contributed by atoms with E-state index in [0.29, 0.717) is 5.71 Å². The number of aromatic amines is 1. The third-order valence-electron chi connectivity index (χ3n) is 3.76. The minimum absolute atomic E-state index is 0.448. The number of benzene rings is 1. The Kier molecular flexibility index (Phi) is 4.71. The molecule has 0 aliphatic carbocycles. The lowest BCUT2D eigenvalue weighted by Gasteiger charge is -2.13. The highest BCUT2D eigenvalue weighted by atomic mass is 15.1. The highest BCUT2D eigenvalue weighted by molar-refractivity contribution is 6.14. The van der Waals surface area contributed by atoms with Gasteiger partial charge < -0.3 is 0 Å². The Balaban J connectivity index is 2.53. The van der Waals surface area contributed by atoms with Crippen molar-refractivity contribution in [3.63, 3.8) is 0 Å². The molecular formula is C18H22N4. The molecule has 4 heteroatoms. The van der Waals surface area contributed by atoms with Crippen LogP contribution in [0.2, 0.25) is 0 Å². The van der Waals surface area contributed by atoms with Crippen LogP contribution in [0.25, 0.3) is 10.9 Å². The van der Waals surface area contributed by atoms with Gasteiger partial charge >= 0.3 is 0 Å². The maximum atomic E-state index is 8.58. The molecule has 0 saturated heterocycles. The van der Waals surface area contributed by atoms with Gasteiger partial charge in [0.05, 0.1) is 16.9 Å². The highest BCUT2D eigenvalue weighted by Gasteiger charge is 2.15. The van der Waals surface area contributed by atoms with E-state index in [0.717, 1.165) is 45.4 Å². The van der Waals surface area contributed by atoms with E-state index >= 15 is 0 Å². The Morgan fingerprint density at radius 3 is 2.82 bits per heavy atom. The molecule has 2 N–H and O–H groups in total. The van der Waals surface area contributed by atoms with Crippen LogP contribution in [-0.4, -0.2) is 22.1 Å². The summed E-state index contributed by atoms with van der Waals surface area (Å²) in [6, 6.07) is 5.92. The molecule has 2 aromatic rings. The molecule has 0 spiro atoms. The van der Waals surface area contributed by atoms with Gasteiger partial charge in [-0.05, 0) is 38.8 Å². The second-order valence-corrected chi connectivity index (χ2v) is 5.25. The van der Waals surface area contributed by atoms with Gasteiger partial charge in [-0.25, -0.2) is 0 Å². The first-order chi connectivity index (χ1) is 10.5. The van der Waals surface area contributed by atoms with Crippen molar-refractivity contribution in [1.29, 1.82) is 5.41 Å². The lowest BCUT2D eigenvalue weighted by atomic mass is 9.93. The molecule has 2 rings (SSSR count). The molecule has 0 bridgehead atoms. The summed E-state index contributed by atoms with van der Waals surface area (Å²) in [4.78, 5) is 4.34. The van der Waals surface area contributed by atoms with Gasteiger partial charge in [0, 0.05) is 28.4 Å². The topological polar surface area (TPSA) is 64.9 Å². The summed E-state index contributed by atoms with van der Waals surface area (Å²) in [6.45, 7) is 11.9. The number of rotatable bonds is 5. The van der Waals surface area contributed by atoms with Crippen molar-refractivity contribution in [2.45, 2.75) is 34.1 Å². The van der Waals surface area contributed by atoms with Crippen LogP contribution in [0.15, 0.2) is 46.6 Å². The number of aryl methyl sites for hydroxylation is 1. The SMILES string of the molecule is C=C(CC)/C(C(=N)c1ccc2c(C)n[nH]c2c1)=C(C)\N=C/C. The third-order valence-corrected chi connectivity index (χ3v) is 3.76. The standard InChI is InChI=1S/C18H22N4/c1-6-11(3)17(13(5)20-7-2)18(19)14-8-9-15-12(4)21-22-16(15)10-14/h7-10,19H,3,6H2,1-2,4-5H3,(H,21,22)/b17-13+,19-18?,20-7-. The average Bonchev–Trinajstić information content (AvgIpc) is 2.88. The molecule has 0 saturated carbocycles. The van der Waals surface area contributed by atoms with Crippen molar-refractivity contribution in [3.05, 3.63) is 52.9 Å². The van der Waals surface area contributed by atoms with E-state index in [2.05, 4.69) is 21.8 Å². The van der Waals surface area contributed by atoms with Gasteiger partial charge in [0.2, 0.25) is 0 Å². The Morgan fingerprint density at radius 1 is 1.45 bits per heavy atom. The molecule has 0 aliphatic rings. The maximum Gasteiger partial charge on any atom is 0.0706 e. The van der Waals surface area contributed by atoms with Gasteiger partial charge in [-0.2, -0.15) is 5.10 Å². The largest absolute Gasteiger partial charge is 0.300 e. The molecule has 1 heterocycles. The van der Waals surface area contributed by atoms with Crippen molar-refractivity contribution in [3.8, 4) is 0 Å². The second kappa shape index (κ2) is 6.52. The molecule has 22 heavy (non-hydrogen) atoms. The fourth-order valence-electron chi connectivity index (χ4n) is 2.50. The minimum atomic E-state index is 0.448. The molecule has 0 radical (unpaired) electrons. The molecule has 0 fully saturated rings. The minimum Gasteiger partial charge on any atom is -0.300 e. The van der Waals surface area contributed by atoms with E-state index in [9.17, 15) is 0 Å². The fourth-order valence-corrected chi connectivity index (χ4v) is 2.50. The number of hydrogen-bond donors (Lipinski definition) is 2. The van der Waals surface area contributed by atoms with Gasteiger partial charge in [-0.15, -0.1) is 0 Å². The number of nitrogens with zero attached hydrogens (tertiary/aromatic N) is 2. The average molecular weight is 294 g/mol. The van der Waals surface area contributed by atoms with Crippen LogP contribution >= 0.6 is 0 Å². The zero-order chi connectivity index (χ0) is 16.3. The third kappa shape index (κ3) is 2.91. The Hall–Kier alpha value is -2.49. The van der Waals surface area contributed by atoms with Crippen LogP contribution < -0.4 is 0 Å². The predicted molar refractivity (Wildman–Crippen MR) is 94.0 cm³/mol. The summed E-state index contributed by atoms with van der Waals surface area (Å²) in [7, 11) is 0. The van der Waals surface area contributed by atoms with Crippen molar-refractivity contribution in [2.75, 3.05) is 0 Å². The molecule has 0 amide bonds. The van der Waals surface area contributed by atoms with Gasteiger partial charge in [0.25, 0.3) is 0 Å². The van der Waals surface area contributed by atoms with Gasteiger partial charge in [-0.3, -0.25) is 15.5 Å². The smallest absolute Gasteiger partial charge is 0.0706 e. The van der Waals surface area contributed by atoms with Crippen LogP contribution in [0.5, 0.6) is 0 Å². The number of H-pyrrole nitrogens is 1. The van der Waals surface area contributed by atoms with E-state index in [1.165, 1.54) is 0 Å². The zero-order valence-corrected chi connectivity index (χ0v) is 13.6. The van der Waals surface area contributed by atoms with Crippen molar-refractivity contribution < 1.29 is 0 Å². The van der Waals surface area contributed by atoms with Crippen molar-refractivity contribution in [1.82, 2.24) is 10.2 Å². The van der Waals surface area contributed by atoms with Crippen molar-refractivity contribution in [2.24, 2.45) is 4.99 Å². The molecule has 0 atom stereocenters. The molecule has 4 nitrogen and oxygen atoms in total. The Bertz CT molecular complexity index is 791. The Labute approximate surface area is 131 Å². The number of allylic oxidation sites excluding steroid dienone is 3. The summed E-state index contributed by atoms with van der Waals surface area (Å²) < 4.78 is 0. The van der Waals surface area contributed by atoms with Crippen molar-refractivity contribution >= 4 is 22.8 Å². The van der Waals surface area contributed by atoms with E-state index in [-0.39, 0.29) is 0 Å². The summed E-state index contributed by atoms with van der Waals surface area (Å²) >= 11 is 0. The van der Waals surface area contributed by atoms with Gasteiger partial charge in [0.15, 0.2) is 0 Å². The first-order valence-corrected chi connectivity index (χ1v) is 7.41.